The van der Waals surface area contributed by atoms with Crippen LogP contribution in [0.4, 0.5) is 11.5 Å². The van der Waals surface area contributed by atoms with Crippen LogP contribution in [-0.4, -0.2) is 59.0 Å². The first kappa shape index (κ1) is 25.2. The number of ether oxygens (including phenoxy) is 2. The molecule has 0 spiro atoms. The summed E-state index contributed by atoms with van der Waals surface area (Å²) in [5.74, 6) is 0.180. The number of hydrogen-bond donors (Lipinski definition) is 1. The van der Waals surface area contributed by atoms with Gasteiger partial charge in [0.15, 0.2) is 0 Å². The quantitative estimate of drug-likeness (QED) is 0.478. The number of nitrogens with one attached hydrogen (secondary N) is 1. The Kier molecular flexibility index (Phi) is 6.85. The number of carbonyl (C=O) groups excluding carboxylic acids is 2. The predicted molar refractivity (Wildman–Crippen MR) is 143 cm³/mol. The van der Waals surface area contributed by atoms with Gasteiger partial charge in [-0.15, -0.1) is 0 Å². The molecule has 2 atom stereocenters. The third-order valence-electron chi connectivity index (χ3n) is 7.69. The summed E-state index contributed by atoms with van der Waals surface area (Å²) in [6, 6.07) is 13.5. The molecule has 1 saturated carbocycles. The van der Waals surface area contributed by atoms with Crippen LogP contribution < -0.4 is 10.2 Å². The Morgan fingerprint density at radius 3 is 2.90 bits per heavy atom. The monoisotopic (exact) mass is 526 g/mol. The third kappa shape index (κ3) is 5.28. The molecular formula is C29H30N6O4. The van der Waals surface area contributed by atoms with Crippen molar-refractivity contribution in [3.8, 4) is 17.2 Å². The zero-order valence-electron chi connectivity index (χ0n) is 21.6. The molecule has 2 aliphatic heterocycles. The first-order valence-electron chi connectivity index (χ1n) is 13.3. The average Bonchev–Trinajstić information content (AvgIpc) is 3.61. The van der Waals surface area contributed by atoms with Crippen LogP contribution in [0.2, 0.25) is 0 Å². The van der Waals surface area contributed by atoms with E-state index in [9.17, 15) is 14.9 Å². The highest BCUT2D eigenvalue weighted by atomic mass is 16.6. The lowest BCUT2D eigenvalue weighted by molar-refractivity contribution is -0.123. The van der Waals surface area contributed by atoms with Crippen LogP contribution in [0.3, 0.4) is 0 Å². The highest BCUT2D eigenvalue weighted by Crippen LogP contribution is 2.51. The van der Waals surface area contributed by atoms with E-state index in [1.54, 1.807) is 23.2 Å². The number of carbonyl (C=O) groups is 2. The molecule has 0 radical (unpaired) electrons. The number of nitrogens with zero attached hydrogens (tertiary/aromatic N) is 5. The van der Waals surface area contributed by atoms with E-state index in [4.69, 9.17) is 9.47 Å². The lowest BCUT2D eigenvalue weighted by Crippen LogP contribution is -2.35. The highest BCUT2D eigenvalue weighted by Gasteiger charge is 2.56. The second kappa shape index (κ2) is 10.6. The predicted octanol–water partition coefficient (Wildman–Crippen LogP) is 3.20. The molecule has 10 nitrogen and oxygen atoms in total. The van der Waals surface area contributed by atoms with E-state index in [2.05, 4.69) is 21.5 Å². The maximum Gasteiger partial charge on any atom is 0.247 e. The van der Waals surface area contributed by atoms with Crippen molar-refractivity contribution in [3.05, 3.63) is 60.6 Å². The van der Waals surface area contributed by atoms with Gasteiger partial charge >= 0.3 is 0 Å². The smallest absolute Gasteiger partial charge is 0.247 e. The summed E-state index contributed by atoms with van der Waals surface area (Å²) in [5, 5.41) is 17.1. The molecule has 3 aromatic rings. The van der Waals surface area contributed by atoms with Crippen LogP contribution in [0.1, 0.15) is 24.8 Å². The van der Waals surface area contributed by atoms with E-state index in [0.717, 1.165) is 29.5 Å². The summed E-state index contributed by atoms with van der Waals surface area (Å²) in [7, 11) is 0. The Balaban J connectivity index is 1.09. The maximum atomic E-state index is 13.1. The van der Waals surface area contributed by atoms with E-state index < -0.39 is 5.41 Å². The lowest BCUT2D eigenvalue weighted by Gasteiger charge is -2.22. The molecule has 3 fully saturated rings. The molecule has 2 saturated heterocycles. The van der Waals surface area contributed by atoms with Crippen molar-refractivity contribution in [1.29, 1.82) is 5.26 Å². The van der Waals surface area contributed by atoms with Crippen molar-refractivity contribution in [2.24, 2.45) is 11.3 Å². The molecule has 10 heteroatoms. The average molecular weight is 527 g/mol. The largest absolute Gasteiger partial charge is 0.376 e. The number of benzene rings is 1. The molecule has 200 valence electrons. The fraction of sp³-hybridized carbons (Fsp3) is 0.414. The summed E-state index contributed by atoms with van der Waals surface area (Å²) in [6.45, 7) is 2.90. The van der Waals surface area contributed by atoms with Crippen LogP contribution in [0, 0.1) is 22.7 Å². The SMILES string of the molecule is N#C[C@@]1(C2CC2)CCN(c2ccnc(NC(=O)Cc3cccc(-c4cnn(CC5COCCO5)c4)c3)c2)C1=O. The minimum Gasteiger partial charge on any atom is -0.376 e. The standard InChI is InChI=1S/C29H30N6O4/c30-19-29(23-4-5-23)7-9-35(28(29)37)24-6-8-31-26(14-24)33-27(36)13-20-2-1-3-21(12-20)22-15-32-34(16-22)17-25-18-38-10-11-39-25/h1-3,6,8,12,14-16,23,25H,4-5,7,9-11,13,17-18H2,(H,31,33,36)/t25?,29-/m1/s1. The van der Waals surface area contributed by atoms with Gasteiger partial charge in [-0.1, -0.05) is 24.3 Å². The van der Waals surface area contributed by atoms with Crippen LogP contribution >= 0.6 is 0 Å². The van der Waals surface area contributed by atoms with E-state index in [0.29, 0.717) is 50.8 Å². The van der Waals surface area contributed by atoms with E-state index in [1.807, 2.05) is 41.3 Å². The zero-order chi connectivity index (χ0) is 26.8. The first-order valence-corrected chi connectivity index (χ1v) is 13.3. The number of anilines is 2. The molecule has 1 N–H and O–H groups in total. The van der Waals surface area contributed by atoms with Crippen molar-refractivity contribution in [2.45, 2.75) is 38.3 Å². The van der Waals surface area contributed by atoms with Gasteiger partial charge in [0.05, 0.1) is 45.1 Å². The fourth-order valence-electron chi connectivity index (χ4n) is 5.49. The Morgan fingerprint density at radius 2 is 2.10 bits per heavy atom. The summed E-state index contributed by atoms with van der Waals surface area (Å²) in [6.07, 6.45) is 7.91. The number of amides is 2. The summed E-state index contributed by atoms with van der Waals surface area (Å²) >= 11 is 0. The number of pyridine rings is 1. The normalized spacial score (nSPS) is 23.0. The van der Waals surface area contributed by atoms with Gasteiger partial charge in [-0.2, -0.15) is 10.4 Å². The van der Waals surface area contributed by atoms with Gasteiger partial charge in [0.25, 0.3) is 0 Å². The summed E-state index contributed by atoms with van der Waals surface area (Å²) < 4.78 is 13.0. The van der Waals surface area contributed by atoms with E-state index >= 15 is 0 Å². The van der Waals surface area contributed by atoms with Crippen molar-refractivity contribution in [2.75, 3.05) is 36.6 Å². The molecule has 2 amide bonds. The van der Waals surface area contributed by atoms with Crippen molar-refractivity contribution >= 4 is 23.3 Å². The Morgan fingerprint density at radius 1 is 1.21 bits per heavy atom. The Labute approximate surface area is 226 Å². The van der Waals surface area contributed by atoms with Crippen LogP contribution in [0.25, 0.3) is 11.1 Å². The van der Waals surface area contributed by atoms with Gasteiger partial charge in [0.1, 0.15) is 17.3 Å². The Bertz CT molecular complexity index is 1420. The van der Waals surface area contributed by atoms with Crippen LogP contribution in [0.5, 0.6) is 0 Å². The Hall–Kier alpha value is -4.07. The minimum atomic E-state index is -0.910. The molecule has 6 rings (SSSR count). The summed E-state index contributed by atoms with van der Waals surface area (Å²) in [4.78, 5) is 31.9. The molecule has 1 unspecified atom stereocenters. The van der Waals surface area contributed by atoms with Crippen molar-refractivity contribution < 1.29 is 19.1 Å². The second-order valence-corrected chi connectivity index (χ2v) is 10.4. The molecule has 2 aromatic heterocycles. The summed E-state index contributed by atoms with van der Waals surface area (Å²) in [5.41, 5.74) is 2.52. The van der Waals surface area contributed by atoms with Gasteiger partial charge in [-0.3, -0.25) is 14.3 Å². The van der Waals surface area contributed by atoms with Gasteiger partial charge in [0.2, 0.25) is 11.8 Å². The number of hydrogen-bond acceptors (Lipinski definition) is 7. The molecular weight excluding hydrogens is 496 g/mol. The highest BCUT2D eigenvalue weighted by molar-refractivity contribution is 6.02. The van der Waals surface area contributed by atoms with Gasteiger partial charge in [-0.25, -0.2) is 4.98 Å². The minimum absolute atomic E-state index is 0.00989. The molecule has 39 heavy (non-hydrogen) atoms. The fourth-order valence-corrected chi connectivity index (χ4v) is 5.49. The maximum absolute atomic E-state index is 13.1. The topological polar surface area (TPSA) is 122 Å². The second-order valence-electron chi connectivity index (χ2n) is 10.4. The van der Waals surface area contributed by atoms with Crippen LogP contribution in [0.15, 0.2) is 55.0 Å². The van der Waals surface area contributed by atoms with Crippen molar-refractivity contribution in [3.63, 3.8) is 0 Å². The molecule has 1 aliphatic carbocycles. The number of aromatic nitrogens is 3. The lowest BCUT2D eigenvalue weighted by atomic mass is 9.83. The molecule has 4 heterocycles. The van der Waals surface area contributed by atoms with E-state index in [-0.39, 0.29) is 30.3 Å². The molecule has 3 aliphatic rings. The zero-order valence-corrected chi connectivity index (χ0v) is 21.6. The van der Waals surface area contributed by atoms with Gasteiger partial charge < -0.3 is 19.7 Å². The number of rotatable bonds is 8. The van der Waals surface area contributed by atoms with Gasteiger partial charge in [-0.05, 0) is 42.4 Å². The number of nitriles is 1. The van der Waals surface area contributed by atoms with E-state index in [1.165, 1.54) is 0 Å². The van der Waals surface area contributed by atoms with Crippen LogP contribution in [-0.2, 0) is 32.0 Å². The van der Waals surface area contributed by atoms with Crippen molar-refractivity contribution in [1.82, 2.24) is 14.8 Å². The molecule has 0 bridgehead atoms. The van der Waals surface area contributed by atoms with Gasteiger partial charge in [0, 0.05) is 36.3 Å². The first-order chi connectivity index (χ1) is 19.0. The molecule has 1 aromatic carbocycles. The third-order valence-corrected chi connectivity index (χ3v) is 7.69.